The molecule has 4 heteroatoms. The Morgan fingerprint density at radius 3 is 2.75 bits per heavy atom. The highest BCUT2D eigenvalue weighted by atomic mass is 16.5. The molecule has 0 radical (unpaired) electrons. The normalized spacial score (nSPS) is 18.3. The molecule has 0 bridgehead atoms. The highest BCUT2D eigenvalue weighted by molar-refractivity contribution is 5.87. The molecule has 3 rings (SSSR count). The minimum absolute atomic E-state index is 0.401. The van der Waals surface area contributed by atoms with E-state index >= 15 is 0 Å². The van der Waals surface area contributed by atoms with Crippen molar-refractivity contribution in [3.8, 4) is 0 Å². The van der Waals surface area contributed by atoms with Crippen molar-refractivity contribution < 1.29 is 4.74 Å². The van der Waals surface area contributed by atoms with Gasteiger partial charge in [0.05, 0.1) is 11.6 Å². The van der Waals surface area contributed by atoms with Crippen LogP contribution in [0.3, 0.4) is 0 Å². The van der Waals surface area contributed by atoms with Gasteiger partial charge in [0.2, 0.25) is 0 Å². The van der Waals surface area contributed by atoms with Crippen LogP contribution in [0.1, 0.15) is 29.7 Å². The van der Waals surface area contributed by atoms with Crippen LogP contribution >= 0.6 is 0 Å². The van der Waals surface area contributed by atoms with Crippen LogP contribution in [-0.4, -0.2) is 61.2 Å². The van der Waals surface area contributed by atoms with Crippen LogP contribution in [0.5, 0.6) is 0 Å². The number of rotatable bonds is 7. The molecule has 1 N–H and O–H groups in total. The van der Waals surface area contributed by atoms with E-state index in [0.29, 0.717) is 6.10 Å². The summed E-state index contributed by atoms with van der Waals surface area (Å²) >= 11 is 0. The van der Waals surface area contributed by atoms with Gasteiger partial charge in [-0.2, -0.15) is 0 Å². The average molecular weight is 329 g/mol. The molecule has 0 unspecified atom stereocenters. The summed E-state index contributed by atoms with van der Waals surface area (Å²) in [5.74, 6) is 0. The van der Waals surface area contributed by atoms with Crippen molar-refractivity contribution in [3.05, 3.63) is 35.0 Å². The number of fused-ring (bicyclic) bond motifs is 1. The smallest absolute Gasteiger partial charge is 0.0702 e. The molecular formula is C20H31N3O. The first kappa shape index (κ1) is 17.5. The molecule has 4 nitrogen and oxygen atoms in total. The molecule has 1 saturated heterocycles. The zero-order valence-electron chi connectivity index (χ0n) is 15.6. The van der Waals surface area contributed by atoms with Crippen LogP contribution in [0, 0.1) is 13.8 Å². The van der Waals surface area contributed by atoms with Gasteiger partial charge in [0.25, 0.3) is 0 Å². The Balaban J connectivity index is 1.79. The van der Waals surface area contributed by atoms with Gasteiger partial charge in [-0.15, -0.1) is 0 Å². The predicted octanol–water partition coefficient (Wildman–Crippen LogP) is 3.33. The third-order valence-electron chi connectivity index (χ3n) is 5.17. The first-order chi connectivity index (χ1) is 11.5. The Hall–Kier alpha value is -1.36. The van der Waals surface area contributed by atoms with E-state index in [1.165, 1.54) is 40.6 Å². The maximum absolute atomic E-state index is 5.88. The molecule has 1 aliphatic heterocycles. The molecular weight excluding hydrogens is 298 g/mol. The second kappa shape index (κ2) is 7.68. The zero-order chi connectivity index (χ0) is 17.1. The topological polar surface area (TPSA) is 31.5 Å². The number of aryl methyl sites for hydroxylation is 2. The highest BCUT2D eigenvalue weighted by Crippen LogP contribution is 2.25. The van der Waals surface area contributed by atoms with E-state index in [0.717, 1.165) is 32.8 Å². The number of nitrogens with zero attached hydrogens (tertiary/aromatic N) is 2. The number of hydrogen-bond donors (Lipinski definition) is 1. The Labute approximate surface area is 145 Å². The minimum Gasteiger partial charge on any atom is -0.377 e. The lowest BCUT2D eigenvalue weighted by Crippen LogP contribution is -2.36. The van der Waals surface area contributed by atoms with Gasteiger partial charge in [0.15, 0.2) is 0 Å². The van der Waals surface area contributed by atoms with E-state index in [1.807, 2.05) is 0 Å². The highest BCUT2D eigenvalue weighted by Gasteiger charge is 2.20. The van der Waals surface area contributed by atoms with Crippen LogP contribution in [0.2, 0.25) is 0 Å². The number of aromatic amines is 1. The van der Waals surface area contributed by atoms with Crippen molar-refractivity contribution in [2.24, 2.45) is 0 Å². The summed E-state index contributed by atoms with van der Waals surface area (Å²) in [6, 6.07) is 6.67. The molecule has 2 aromatic rings. The minimum atomic E-state index is 0.401. The Kier molecular flexibility index (Phi) is 5.59. The fraction of sp³-hybridized carbons (Fsp3) is 0.600. The summed E-state index contributed by atoms with van der Waals surface area (Å²) in [6.07, 6.45) is 2.80. The largest absolute Gasteiger partial charge is 0.377 e. The lowest BCUT2D eigenvalue weighted by atomic mass is 10.1. The van der Waals surface area contributed by atoms with E-state index in [2.05, 4.69) is 60.9 Å². The summed E-state index contributed by atoms with van der Waals surface area (Å²) in [4.78, 5) is 8.40. The van der Waals surface area contributed by atoms with Crippen LogP contribution in [0.25, 0.3) is 10.9 Å². The number of nitrogens with one attached hydrogen (secondary N) is 1. The summed E-state index contributed by atoms with van der Waals surface area (Å²) in [7, 11) is 4.28. The number of aromatic nitrogens is 1. The number of benzene rings is 1. The van der Waals surface area contributed by atoms with Crippen molar-refractivity contribution in [2.75, 3.05) is 40.3 Å². The zero-order valence-corrected chi connectivity index (χ0v) is 15.6. The maximum Gasteiger partial charge on any atom is 0.0702 e. The summed E-state index contributed by atoms with van der Waals surface area (Å²) < 4.78 is 5.88. The Morgan fingerprint density at radius 1 is 1.21 bits per heavy atom. The fourth-order valence-corrected chi connectivity index (χ4v) is 3.57. The number of hydrogen-bond acceptors (Lipinski definition) is 3. The second-order valence-electron chi connectivity index (χ2n) is 7.39. The monoisotopic (exact) mass is 329 g/mol. The van der Waals surface area contributed by atoms with Gasteiger partial charge < -0.3 is 14.6 Å². The summed E-state index contributed by atoms with van der Waals surface area (Å²) in [5.41, 5.74) is 5.33. The van der Waals surface area contributed by atoms with E-state index in [-0.39, 0.29) is 0 Å². The van der Waals surface area contributed by atoms with Crippen molar-refractivity contribution in [1.29, 1.82) is 0 Å². The Morgan fingerprint density at radius 2 is 2.04 bits per heavy atom. The number of ether oxygens (including phenoxy) is 1. The predicted molar refractivity (Wildman–Crippen MR) is 101 cm³/mol. The van der Waals surface area contributed by atoms with Gasteiger partial charge in [-0.3, -0.25) is 4.90 Å². The van der Waals surface area contributed by atoms with E-state index in [1.54, 1.807) is 0 Å². The van der Waals surface area contributed by atoms with E-state index < -0.39 is 0 Å². The standard InChI is InChI=1S/C20H31N3O/c1-15-16(2)21-20-17(7-5-9-19(15)20)13-23(11-10-22(3)4)14-18-8-6-12-24-18/h5,7,9,18,21H,6,8,10-14H2,1-4H3/t18-/m1/s1. The van der Waals surface area contributed by atoms with Gasteiger partial charge in [-0.25, -0.2) is 0 Å². The lowest BCUT2D eigenvalue weighted by molar-refractivity contribution is 0.0684. The summed E-state index contributed by atoms with van der Waals surface area (Å²) in [6.45, 7) is 9.45. The third-order valence-corrected chi connectivity index (χ3v) is 5.17. The molecule has 2 heterocycles. The Bertz CT molecular complexity index is 671. The average Bonchev–Trinajstić information content (AvgIpc) is 3.15. The second-order valence-corrected chi connectivity index (χ2v) is 7.39. The molecule has 0 aliphatic carbocycles. The molecule has 1 fully saturated rings. The fourth-order valence-electron chi connectivity index (χ4n) is 3.57. The van der Waals surface area contributed by atoms with Crippen LogP contribution in [-0.2, 0) is 11.3 Å². The first-order valence-corrected chi connectivity index (χ1v) is 9.10. The molecule has 1 aliphatic rings. The first-order valence-electron chi connectivity index (χ1n) is 9.10. The lowest BCUT2D eigenvalue weighted by Gasteiger charge is -2.27. The molecule has 132 valence electrons. The van der Waals surface area contributed by atoms with E-state index in [4.69, 9.17) is 4.74 Å². The maximum atomic E-state index is 5.88. The molecule has 0 amide bonds. The van der Waals surface area contributed by atoms with Crippen molar-refractivity contribution in [3.63, 3.8) is 0 Å². The van der Waals surface area contributed by atoms with Gasteiger partial charge in [0, 0.05) is 43.9 Å². The molecule has 0 spiro atoms. The number of para-hydroxylation sites is 1. The SMILES string of the molecule is Cc1[nH]c2c(CN(CCN(C)C)C[C@H]3CCCO3)cccc2c1C. The van der Waals surface area contributed by atoms with Gasteiger partial charge in [-0.05, 0) is 51.9 Å². The van der Waals surface area contributed by atoms with Gasteiger partial charge >= 0.3 is 0 Å². The van der Waals surface area contributed by atoms with Crippen molar-refractivity contribution in [2.45, 2.75) is 39.3 Å². The third kappa shape index (κ3) is 4.00. The van der Waals surface area contributed by atoms with Crippen LogP contribution in [0.4, 0.5) is 0 Å². The molecule has 1 atom stereocenters. The van der Waals surface area contributed by atoms with Gasteiger partial charge in [-0.1, -0.05) is 18.2 Å². The molecule has 1 aromatic heterocycles. The molecule has 0 saturated carbocycles. The van der Waals surface area contributed by atoms with Crippen molar-refractivity contribution >= 4 is 10.9 Å². The summed E-state index contributed by atoms with van der Waals surface area (Å²) in [5, 5.41) is 1.36. The molecule has 24 heavy (non-hydrogen) atoms. The van der Waals surface area contributed by atoms with Crippen LogP contribution < -0.4 is 0 Å². The number of H-pyrrole nitrogens is 1. The quantitative estimate of drug-likeness (QED) is 0.845. The molecule has 1 aromatic carbocycles. The number of likely N-dealkylation sites (N-methyl/N-ethyl adjacent to an activating group) is 1. The van der Waals surface area contributed by atoms with Gasteiger partial charge in [0.1, 0.15) is 0 Å². The van der Waals surface area contributed by atoms with Crippen molar-refractivity contribution in [1.82, 2.24) is 14.8 Å². The van der Waals surface area contributed by atoms with E-state index in [9.17, 15) is 0 Å². The van der Waals surface area contributed by atoms with Crippen LogP contribution in [0.15, 0.2) is 18.2 Å².